The molecule has 0 saturated carbocycles. The van der Waals surface area contributed by atoms with Crippen LogP contribution in [-0.4, -0.2) is 43.4 Å². The predicted molar refractivity (Wildman–Crippen MR) is 86.9 cm³/mol. The van der Waals surface area contributed by atoms with Gasteiger partial charge in [-0.2, -0.15) is 0 Å². The van der Waals surface area contributed by atoms with E-state index in [1.165, 1.54) is 12.4 Å². The van der Waals surface area contributed by atoms with Gasteiger partial charge in [0.1, 0.15) is 5.82 Å². The molecule has 3 heterocycles. The smallest absolute Gasteiger partial charge is 0.276 e. The molecule has 3 rings (SSSR count). The van der Waals surface area contributed by atoms with E-state index < -0.39 is 0 Å². The third-order valence-corrected chi connectivity index (χ3v) is 4.22. The van der Waals surface area contributed by atoms with Gasteiger partial charge in [-0.1, -0.05) is 13.8 Å². The quantitative estimate of drug-likeness (QED) is 0.934. The lowest BCUT2D eigenvalue weighted by molar-refractivity contribution is 0.0672. The van der Waals surface area contributed by atoms with Gasteiger partial charge in [0.05, 0.1) is 6.04 Å². The standard InChI is InChI=1S/C16H22N6O/c1-11(2)15-20-7-9-22(15)12-4-3-8-21(10-12)16(23)13-14(17)19-6-5-18-13/h5-7,9,11-12H,3-4,8,10H2,1-2H3,(H2,17,19)/t12-/m1/s1. The molecule has 0 aromatic carbocycles. The van der Waals surface area contributed by atoms with Gasteiger partial charge in [0.15, 0.2) is 11.5 Å². The number of hydrogen-bond acceptors (Lipinski definition) is 5. The molecule has 1 fully saturated rings. The first-order valence-electron chi connectivity index (χ1n) is 7.96. The van der Waals surface area contributed by atoms with Crippen LogP contribution in [0.3, 0.4) is 0 Å². The summed E-state index contributed by atoms with van der Waals surface area (Å²) in [5.74, 6) is 1.45. The Kier molecular flexibility index (Phi) is 4.27. The number of imidazole rings is 1. The van der Waals surface area contributed by atoms with E-state index >= 15 is 0 Å². The SMILES string of the molecule is CC(C)c1nccn1[C@@H]1CCCN(C(=O)c2nccnc2N)C1. The number of hydrogen-bond donors (Lipinski definition) is 1. The minimum Gasteiger partial charge on any atom is -0.382 e. The van der Waals surface area contributed by atoms with Crippen molar-refractivity contribution in [3.05, 3.63) is 36.3 Å². The highest BCUT2D eigenvalue weighted by Gasteiger charge is 2.28. The van der Waals surface area contributed by atoms with Crippen LogP contribution >= 0.6 is 0 Å². The fraction of sp³-hybridized carbons (Fsp3) is 0.500. The summed E-state index contributed by atoms with van der Waals surface area (Å²) in [6.07, 6.45) is 8.81. The molecule has 1 amide bonds. The number of likely N-dealkylation sites (tertiary alicyclic amines) is 1. The van der Waals surface area contributed by atoms with E-state index in [9.17, 15) is 4.79 Å². The fourth-order valence-electron chi connectivity index (χ4n) is 3.11. The van der Waals surface area contributed by atoms with Crippen LogP contribution < -0.4 is 5.73 Å². The van der Waals surface area contributed by atoms with E-state index in [0.717, 1.165) is 25.2 Å². The summed E-state index contributed by atoms with van der Waals surface area (Å²) < 4.78 is 2.20. The van der Waals surface area contributed by atoms with Crippen molar-refractivity contribution in [3.8, 4) is 0 Å². The molecule has 2 aromatic heterocycles. The summed E-state index contributed by atoms with van der Waals surface area (Å²) in [6, 6.07) is 0.241. The molecule has 1 saturated heterocycles. The van der Waals surface area contributed by atoms with Crippen molar-refractivity contribution in [2.24, 2.45) is 0 Å². The van der Waals surface area contributed by atoms with Gasteiger partial charge in [0.25, 0.3) is 5.91 Å². The Morgan fingerprint density at radius 2 is 2.04 bits per heavy atom. The van der Waals surface area contributed by atoms with Crippen molar-refractivity contribution in [2.75, 3.05) is 18.8 Å². The zero-order chi connectivity index (χ0) is 16.4. The second-order valence-corrected chi connectivity index (χ2v) is 6.18. The molecule has 1 aliphatic heterocycles. The molecular formula is C16H22N6O. The lowest BCUT2D eigenvalue weighted by Gasteiger charge is -2.34. The molecule has 7 nitrogen and oxygen atoms in total. The van der Waals surface area contributed by atoms with Crippen molar-refractivity contribution in [1.82, 2.24) is 24.4 Å². The summed E-state index contributed by atoms with van der Waals surface area (Å²) in [6.45, 7) is 5.62. The number of nitrogen functional groups attached to an aromatic ring is 1. The summed E-state index contributed by atoms with van der Waals surface area (Å²) in [5.41, 5.74) is 6.02. The van der Waals surface area contributed by atoms with Gasteiger partial charge in [-0.3, -0.25) is 4.79 Å². The highest BCUT2D eigenvalue weighted by Crippen LogP contribution is 2.26. The molecule has 7 heteroatoms. The topological polar surface area (TPSA) is 89.9 Å². The van der Waals surface area contributed by atoms with E-state index in [0.29, 0.717) is 12.5 Å². The van der Waals surface area contributed by atoms with Crippen LogP contribution in [0.4, 0.5) is 5.82 Å². The first-order valence-corrected chi connectivity index (χ1v) is 7.96. The van der Waals surface area contributed by atoms with Gasteiger partial charge in [0, 0.05) is 43.8 Å². The normalized spacial score (nSPS) is 18.4. The average Bonchev–Trinajstić information content (AvgIpc) is 3.05. The zero-order valence-electron chi connectivity index (χ0n) is 13.5. The monoisotopic (exact) mass is 314 g/mol. The van der Waals surface area contributed by atoms with Crippen LogP contribution in [-0.2, 0) is 0 Å². The van der Waals surface area contributed by atoms with Crippen LogP contribution in [0, 0.1) is 0 Å². The summed E-state index contributed by atoms with van der Waals surface area (Å²) in [7, 11) is 0. The third-order valence-electron chi connectivity index (χ3n) is 4.22. The van der Waals surface area contributed by atoms with E-state index in [2.05, 4.69) is 33.4 Å². The molecule has 2 N–H and O–H groups in total. The number of nitrogens with zero attached hydrogens (tertiary/aromatic N) is 5. The zero-order valence-corrected chi connectivity index (χ0v) is 13.5. The Hall–Kier alpha value is -2.44. The number of carbonyl (C=O) groups is 1. The molecule has 0 aliphatic carbocycles. The number of piperidine rings is 1. The Balaban J connectivity index is 1.80. The van der Waals surface area contributed by atoms with E-state index in [-0.39, 0.29) is 23.5 Å². The maximum Gasteiger partial charge on any atom is 0.276 e. The van der Waals surface area contributed by atoms with Crippen LogP contribution in [0.1, 0.15) is 55.0 Å². The minimum absolute atomic E-state index is 0.147. The summed E-state index contributed by atoms with van der Waals surface area (Å²) >= 11 is 0. The van der Waals surface area contributed by atoms with Crippen LogP contribution in [0.25, 0.3) is 0 Å². The van der Waals surface area contributed by atoms with Gasteiger partial charge in [-0.25, -0.2) is 15.0 Å². The molecule has 122 valence electrons. The lowest BCUT2D eigenvalue weighted by Crippen LogP contribution is -2.41. The number of amides is 1. The second kappa shape index (κ2) is 6.36. The van der Waals surface area contributed by atoms with Crippen molar-refractivity contribution in [3.63, 3.8) is 0 Å². The van der Waals surface area contributed by atoms with Crippen LogP contribution in [0.2, 0.25) is 0 Å². The van der Waals surface area contributed by atoms with Gasteiger partial charge in [-0.15, -0.1) is 0 Å². The molecule has 0 unspecified atom stereocenters. The maximum absolute atomic E-state index is 12.7. The predicted octanol–water partition coefficient (Wildman–Crippen LogP) is 1.86. The first kappa shape index (κ1) is 15.5. The molecule has 1 atom stereocenters. The van der Waals surface area contributed by atoms with Crippen molar-refractivity contribution < 1.29 is 4.79 Å². The van der Waals surface area contributed by atoms with Crippen molar-refractivity contribution in [1.29, 1.82) is 0 Å². The van der Waals surface area contributed by atoms with Gasteiger partial charge < -0.3 is 15.2 Å². The number of rotatable bonds is 3. The molecule has 0 bridgehead atoms. The summed E-state index contributed by atoms with van der Waals surface area (Å²) in [4.78, 5) is 27.0. The Bertz CT molecular complexity index is 695. The van der Waals surface area contributed by atoms with Gasteiger partial charge >= 0.3 is 0 Å². The molecular weight excluding hydrogens is 292 g/mol. The summed E-state index contributed by atoms with van der Waals surface area (Å²) in [5, 5.41) is 0. The minimum atomic E-state index is -0.147. The second-order valence-electron chi connectivity index (χ2n) is 6.18. The molecule has 2 aromatic rings. The number of anilines is 1. The maximum atomic E-state index is 12.7. The van der Waals surface area contributed by atoms with Crippen molar-refractivity contribution in [2.45, 2.75) is 38.6 Å². The van der Waals surface area contributed by atoms with Crippen molar-refractivity contribution >= 4 is 11.7 Å². The molecule has 0 radical (unpaired) electrons. The third kappa shape index (κ3) is 3.04. The number of nitrogens with two attached hydrogens (primary N) is 1. The van der Waals surface area contributed by atoms with E-state index in [4.69, 9.17) is 5.73 Å². The number of aromatic nitrogens is 4. The van der Waals surface area contributed by atoms with Crippen LogP contribution in [0.15, 0.2) is 24.8 Å². The highest BCUT2D eigenvalue weighted by atomic mass is 16.2. The Morgan fingerprint density at radius 1 is 1.26 bits per heavy atom. The Labute approximate surface area is 135 Å². The average molecular weight is 314 g/mol. The van der Waals surface area contributed by atoms with Crippen LogP contribution in [0.5, 0.6) is 0 Å². The van der Waals surface area contributed by atoms with Gasteiger partial charge in [-0.05, 0) is 12.8 Å². The lowest BCUT2D eigenvalue weighted by atomic mass is 10.0. The largest absolute Gasteiger partial charge is 0.382 e. The first-order chi connectivity index (χ1) is 11.1. The molecule has 1 aliphatic rings. The van der Waals surface area contributed by atoms with E-state index in [1.807, 2.05) is 17.3 Å². The molecule has 0 spiro atoms. The Morgan fingerprint density at radius 3 is 2.78 bits per heavy atom. The fourth-order valence-corrected chi connectivity index (χ4v) is 3.11. The highest BCUT2D eigenvalue weighted by molar-refractivity contribution is 5.96. The number of carbonyl (C=O) groups excluding carboxylic acids is 1. The van der Waals surface area contributed by atoms with Gasteiger partial charge in [0.2, 0.25) is 0 Å². The van der Waals surface area contributed by atoms with E-state index in [1.54, 1.807) is 0 Å². The molecule has 23 heavy (non-hydrogen) atoms.